The lowest BCUT2D eigenvalue weighted by atomic mass is 9.93. The van der Waals surface area contributed by atoms with Crippen LogP contribution in [0.3, 0.4) is 0 Å². The maximum absolute atomic E-state index is 12.6. The summed E-state index contributed by atoms with van der Waals surface area (Å²) < 4.78 is 11.2. The molecule has 1 aliphatic carbocycles. The predicted octanol–water partition coefficient (Wildman–Crippen LogP) is 4.93. The average Bonchev–Trinajstić information content (AvgIpc) is 3.10. The van der Waals surface area contributed by atoms with Crippen LogP contribution in [0.5, 0.6) is 5.75 Å². The molecular formula is C23H19ClN2O4. The number of rotatable bonds is 4. The van der Waals surface area contributed by atoms with Crippen LogP contribution in [-0.4, -0.2) is 17.6 Å². The third-order valence-electron chi connectivity index (χ3n) is 4.88. The minimum absolute atomic E-state index is 0.149. The molecule has 4 rings (SSSR count). The zero-order valence-corrected chi connectivity index (χ0v) is 17.0. The van der Waals surface area contributed by atoms with Crippen molar-refractivity contribution >= 4 is 29.2 Å². The minimum Gasteiger partial charge on any atom is -0.453 e. The Morgan fingerprint density at radius 3 is 2.57 bits per heavy atom. The number of hydrazone groups is 1. The van der Waals surface area contributed by atoms with Crippen molar-refractivity contribution in [2.75, 3.05) is 0 Å². The van der Waals surface area contributed by atoms with E-state index in [-0.39, 0.29) is 5.76 Å². The second kappa shape index (κ2) is 8.55. The summed E-state index contributed by atoms with van der Waals surface area (Å²) in [4.78, 5) is 25.0. The fourth-order valence-corrected chi connectivity index (χ4v) is 3.66. The molecule has 0 aliphatic heterocycles. The first kappa shape index (κ1) is 19.9. The molecule has 0 atom stereocenters. The SMILES string of the molecule is Cc1c(C(=O)Oc2ccccc2)oc2c1/C(=N/NC(=O)c1ccccc1Cl)CCC2. The van der Waals surface area contributed by atoms with Crippen molar-refractivity contribution in [3.8, 4) is 5.75 Å². The van der Waals surface area contributed by atoms with Crippen molar-refractivity contribution in [2.24, 2.45) is 5.10 Å². The number of nitrogens with zero attached hydrogens (tertiary/aromatic N) is 1. The Labute approximate surface area is 178 Å². The minimum atomic E-state index is -0.562. The molecule has 0 saturated carbocycles. The van der Waals surface area contributed by atoms with Crippen LogP contribution in [0.1, 0.15) is 50.6 Å². The van der Waals surface area contributed by atoms with Gasteiger partial charge in [-0.3, -0.25) is 4.79 Å². The molecule has 1 aliphatic rings. The molecule has 7 heteroatoms. The van der Waals surface area contributed by atoms with Crippen molar-refractivity contribution < 1.29 is 18.7 Å². The number of nitrogens with one attached hydrogen (secondary N) is 1. The van der Waals surface area contributed by atoms with Gasteiger partial charge in [-0.15, -0.1) is 0 Å². The molecule has 0 saturated heterocycles. The highest BCUT2D eigenvalue weighted by Crippen LogP contribution is 2.30. The van der Waals surface area contributed by atoms with Gasteiger partial charge in [-0.05, 0) is 44.0 Å². The largest absolute Gasteiger partial charge is 0.453 e. The van der Waals surface area contributed by atoms with Crippen LogP contribution in [-0.2, 0) is 6.42 Å². The Kier molecular flexibility index (Phi) is 5.68. The molecule has 0 unspecified atom stereocenters. The Morgan fingerprint density at radius 1 is 1.07 bits per heavy atom. The molecule has 0 radical (unpaired) electrons. The van der Waals surface area contributed by atoms with Gasteiger partial charge in [0, 0.05) is 17.5 Å². The molecule has 6 nitrogen and oxygen atoms in total. The van der Waals surface area contributed by atoms with E-state index < -0.39 is 11.9 Å². The second-order valence-electron chi connectivity index (χ2n) is 6.89. The van der Waals surface area contributed by atoms with Crippen molar-refractivity contribution in [1.29, 1.82) is 0 Å². The number of amides is 1. The number of benzene rings is 2. The molecule has 152 valence electrons. The molecule has 2 aromatic carbocycles. The van der Waals surface area contributed by atoms with Crippen molar-refractivity contribution in [1.82, 2.24) is 5.43 Å². The lowest BCUT2D eigenvalue weighted by Crippen LogP contribution is -2.22. The monoisotopic (exact) mass is 422 g/mol. The first-order chi connectivity index (χ1) is 14.5. The molecule has 1 amide bonds. The van der Waals surface area contributed by atoms with Gasteiger partial charge in [-0.2, -0.15) is 5.10 Å². The fraction of sp³-hybridized carbons (Fsp3) is 0.174. The van der Waals surface area contributed by atoms with Crippen LogP contribution in [0.25, 0.3) is 0 Å². The number of aryl methyl sites for hydroxylation is 1. The number of ether oxygens (including phenoxy) is 1. The summed E-state index contributed by atoms with van der Waals surface area (Å²) in [7, 11) is 0. The van der Waals surface area contributed by atoms with E-state index in [2.05, 4.69) is 10.5 Å². The van der Waals surface area contributed by atoms with Gasteiger partial charge >= 0.3 is 5.97 Å². The summed E-state index contributed by atoms with van der Waals surface area (Å²) in [6, 6.07) is 15.6. The summed E-state index contributed by atoms with van der Waals surface area (Å²) in [5, 5.41) is 4.66. The molecule has 0 bridgehead atoms. The van der Waals surface area contributed by atoms with E-state index in [0.29, 0.717) is 46.2 Å². The number of halogens is 1. The van der Waals surface area contributed by atoms with E-state index in [4.69, 9.17) is 20.8 Å². The predicted molar refractivity (Wildman–Crippen MR) is 113 cm³/mol. The van der Waals surface area contributed by atoms with E-state index in [1.165, 1.54) is 0 Å². The summed E-state index contributed by atoms with van der Waals surface area (Å²) in [6.07, 6.45) is 2.14. The molecule has 0 spiro atoms. The van der Waals surface area contributed by atoms with Gasteiger partial charge in [-0.25, -0.2) is 10.2 Å². The zero-order valence-electron chi connectivity index (χ0n) is 16.3. The van der Waals surface area contributed by atoms with Gasteiger partial charge in [0.05, 0.1) is 16.3 Å². The quantitative estimate of drug-likeness (QED) is 0.367. The summed E-state index contributed by atoms with van der Waals surface area (Å²) in [6.45, 7) is 1.79. The smallest absolute Gasteiger partial charge is 0.379 e. The third kappa shape index (κ3) is 4.00. The highest BCUT2D eigenvalue weighted by molar-refractivity contribution is 6.33. The molecule has 30 heavy (non-hydrogen) atoms. The Morgan fingerprint density at radius 2 is 1.80 bits per heavy atom. The van der Waals surface area contributed by atoms with Crippen LogP contribution < -0.4 is 10.2 Å². The number of fused-ring (bicyclic) bond motifs is 1. The maximum atomic E-state index is 12.6. The Bertz CT molecular complexity index is 1140. The van der Waals surface area contributed by atoms with E-state index in [1.54, 1.807) is 55.5 Å². The molecular weight excluding hydrogens is 404 g/mol. The number of hydrogen-bond donors (Lipinski definition) is 1. The summed E-state index contributed by atoms with van der Waals surface area (Å²) in [5.41, 5.74) is 4.97. The van der Waals surface area contributed by atoms with Crippen molar-refractivity contribution in [2.45, 2.75) is 26.2 Å². The van der Waals surface area contributed by atoms with Crippen molar-refractivity contribution in [3.05, 3.63) is 87.8 Å². The standard InChI is InChI=1S/C23H19ClN2O4/c1-14-20-18(25-26-22(27)16-10-5-6-11-17(16)24)12-7-13-19(20)30-21(14)23(28)29-15-8-3-2-4-9-15/h2-6,8-11H,7,12-13H2,1H3,(H,26,27)/b25-18+. The zero-order chi connectivity index (χ0) is 21.1. The first-order valence-corrected chi connectivity index (χ1v) is 9.93. The van der Waals surface area contributed by atoms with Gasteiger partial charge < -0.3 is 9.15 Å². The number of hydrogen-bond acceptors (Lipinski definition) is 5. The number of esters is 1. The van der Waals surface area contributed by atoms with Gasteiger partial charge in [0.2, 0.25) is 5.76 Å². The Hall–Kier alpha value is -3.38. The average molecular weight is 423 g/mol. The number of para-hydroxylation sites is 1. The molecule has 3 aromatic rings. The van der Waals surface area contributed by atoms with Gasteiger partial charge in [0.1, 0.15) is 11.5 Å². The summed E-state index contributed by atoms with van der Waals surface area (Å²) >= 11 is 6.08. The van der Waals surface area contributed by atoms with Crippen LogP contribution in [0, 0.1) is 6.92 Å². The molecule has 1 heterocycles. The number of furan rings is 1. The van der Waals surface area contributed by atoms with E-state index in [9.17, 15) is 9.59 Å². The highest BCUT2D eigenvalue weighted by atomic mass is 35.5. The van der Waals surface area contributed by atoms with Crippen LogP contribution in [0.4, 0.5) is 0 Å². The van der Waals surface area contributed by atoms with E-state index in [1.807, 2.05) is 6.07 Å². The fourth-order valence-electron chi connectivity index (χ4n) is 3.44. The summed E-state index contributed by atoms with van der Waals surface area (Å²) in [5.74, 6) is 0.301. The highest BCUT2D eigenvalue weighted by Gasteiger charge is 2.29. The molecule has 0 fully saturated rings. The molecule has 1 aromatic heterocycles. The lowest BCUT2D eigenvalue weighted by molar-refractivity contribution is 0.0698. The second-order valence-corrected chi connectivity index (χ2v) is 7.30. The topological polar surface area (TPSA) is 80.9 Å². The number of carbonyl (C=O) groups excluding carboxylic acids is 2. The maximum Gasteiger partial charge on any atom is 0.379 e. The Balaban J connectivity index is 1.58. The van der Waals surface area contributed by atoms with Gasteiger partial charge in [-0.1, -0.05) is 41.9 Å². The number of carbonyl (C=O) groups is 2. The van der Waals surface area contributed by atoms with Crippen LogP contribution in [0.15, 0.2) is 64.1 Å². The van der Waals surface area contributed by atoms with Crippen LogP contribution in [0.2, 0.25) is 5.02 Å². The van der Waals surface area contributed by atoms with Gasteiger partial charge in [0.15, 0.2) is 0 Å². The first-order valence-electron chi connectivity index (χ1n) is 9.56. The van der Waals surface area contributed by atoms with Crippen LogP contribution >= 0.6 is 11.6 Å². The van der Waals surface area contributed by atoms with Gasteiger partial charge in [0.25, 0.3) is 5.91 Å². The van der Waals surface area contributed by atoms with Crippen molar-refractivity contribution in [3.63, 3.8) is 0 Å². The van der Waals surface area contributed by atoms with E-state index in [0.717, 1.165) is 12.0 Å². The van der Waals surface area contributed by atoms with E-state index >= 15 is 0 Å². The normalized spacial score (nSPS) is 14.3. The lowest BCUT2D eigenvalue weighted by Gasteiger charge is -2.13. The molecule has 1 N–H and O–H groups in total. The third-order valence-corrected chi connectivity index (χ3v) is 5.21.